The molecule has 1 heterocycles. The molecule has 19 heavy (non-hydrogen) atoms. The third kappa shape index (κ3) is 3.80. The van der Waals surface area contributed by atoms with Crippen molar-refractivity contribution in [1.82, 2.24) is 5.32 Å². The van der Waals surface area contributed by atoms with Crippen LogP contribution >= 0.6 is 0 Å². The highest BCUT2D eigenvalue weighted by Gasteiger charge is 2.13. The fourth-order valence-corrected chi connectivity index (χ4v) is 2.61. The first-order valence-electron chi connectivity index (χ1n) is 6.94. The Kier molecular flexibility index (Phi) is 4.97. The van der Waals surface area contributed by atoms with Crippen LogP contribution in [0.25, 0.3) is 6.08 Å². The average molecular weight is 263 g/mol. The highest BCUT2D eigenvalue weighted by molar-refractivity contribution is 5.55. The van der Waals surface area contributed by atoms with Gasteiger partial charge in [-0.15, -0.1) is 0 Å². The molecule has 0 saturated carbocycles. The second-order valence-electron chi connectivity index (χ2n) is 5.21. The second-order valence-corrected chi connectivity index (χ2v) is 5.21. The molecule has 1 fully saturated rings. The molecule has 1 atom stereocenters. The van der Waals surface area contributed by atoms with Crippen molar-refractivity contribution in [3.63, 3.8) is 0 Å². The molecule has 1 saturated heterocycles. The topological polar surface area (TPSA) is 21.3 Å². The maximum absolute atomic E-state index is 14.0. The SMILES string of the molecule is COc1cccc(/C=C(/C)CC2CCCCN2)c1F. The van der Waals surface area contributed by atoms with Crippen molar-refractivity contribution < 1.29 is 9.13 Å². The number of hydrogen-bond donors (Lipinski definition) is 1. The van der Waals surface area contributed by atoms with Gasteiger partial charge >= 0.3 is 0 Å². The molecule has 3 heteroatoms. The minimum atomic E-state index is -0.277. The maximum atomic E-state index is 14.0. The molecular weight excluding hydrogens is 241 g/mol. The Morgan fingerprint density at radius 1 is 1.47 bits per heavy atom. The van der Waals surface area contributed by atoms with Crippen molar-refractivity contribution in [1.29, 1.82) is 0 Å². The normalized spacial score (nSPS) is 20.4. The fourth-order valence-electron chi connectivity index (χ4n) is 2.61. The lowest BCUT2D eigenvalue weighted by Gasteiger charge is -2.23. The minimum Gasteiger partial charge on any atom is -0.494 e. The maximum Gasteiger partial charge on any atom is 0.172 e. The van der Waals surface area contributed by atoms with Crippen molar-refractivity contribution in [3.05, 3.63) is 35.2 Å². The van der Waals surface area contributed by atoms with Gasteiger partial charge in [0.15, 0.2) is 11.6 Å². The molecule has 2 nitrogen and oxygen atoms in total. The van der Waals surface area contributed by atoms with Gasteiger partial charge in [-0.25, -0.2) is 4.39 Å². The molecule has 0 amide bonds. The molecule has 1 N–H and O–H groups in total. The number of piperidine rings is 1. The van der Waals surface area contributed by atoms with Gasteiger partial charge in [-0.2, -0.15) is 0 Å². The molecule has 0 spiro atoms. The number of rotatable bonds is 4. The zero-order valence-corrected chi connectivity index (χ0v) is 11.7. The highest BCUT2D eigenvalue weighted by Crippen LogP contribution is 2.23. The first-order chi connectivity index (χ1) is 9.20. The lowest BCUT2D eigenvalue weighted by atomic mass is 9.97. The van der Waals surface area contributed by atoms with E-state index in [1.54, 1.807) is 12.1 Å². The molecule has 1 aromatic rings. The van der Waals surface area contributed by atoms with Crippen LogP contribution in [0.2, 0.25) is 0 Å². The summed E-state index contributed by atoms with van der Waals surface area (Å²) in [6.07, 6.45) is 6.68. The molecule has 1 aromatic carbocycles. The van der Waals surface area contributed by atoms with Crippen LogP contribution in [0, 0.1) is 5.82 Å². The summed E-state index contributed by atoms with van der Waals surface area (Å²) >= 11 is 0. The molecule has 1 unspecified atom stereocenters. The summed E-state index contributed by atoms with van der Waals surface area (Å²) in [6.45, 7) is 3.17. The number of methoxy groups -OCH3 is 1. The predicted molar refractivity (Wildman–Crippen MR) is 76.9 cm³/mol. The van der Waals surface area contributed by atoms with Gasteiger partial charge in [-0.1, -0.05) is 30.2 Å². The molecule has 104 valence electrons. The zero-order chi connectivity index (χ0) is 13.7. The number of halogens is 1. The van der Waals surface area contributed by atoms with Crippen molar-refractivity contribution in [3.8, 4) is 5.75 Å². The number of nitrogens with one attached hydrogen (secondary N) is 1. The Hall–Kier alpha value is -1.35. The quantitative estimate of drug-likeness (QED) is 0.893. The van der Waals surface area contributed by atoms with Gasteiger partial charge < -0.3 is 10.1 Å². The van der Waals surface area contributed by atoms with E-state index in [1.165, 1.54) is 31.9 Å². The average Bonchev–Trinajstić information content (AvgIpc) is 2.42. The smallest absolute Gasteiger partial charge is 0.172 e. The van der Waals surface area contributed by atoms with E-state index in [2.05, 4.69) is 12.2 Å². The Morgan fingerprint density at radius 3 is 3.00 bits per heavy atom. The van der Waals surface area contributed by atoms with Crippen LogP contribution in [-0.4, -0.2) is 19.7 Å². The Bertz CT molecular complexity index is 450. The van der Waals surface area contributed by atoms with Gasteiger partial charge in [0.2, 0.25) is 0 Å². The largest absolute Gasteiger partial charge is 0.494 e. The molecule has 0 aromatic heterocycles. The van der Waals surface area contributed by atoms with Crippen LogP contribution in [0.5, 0.6) is 5.75 Å². The van der Waals surface area contributed by atoms with Gasteiger partial charge in [-0.3, -0.25) is 0 Å². The summed E-state index contributed by atoms with van der Waals surface area (Å²) in [5.41, 5.74) is 1.80. The number of ether oxygens (including phenoxy) is 1. The Balaban J connectivity index is 2.07. The lowest BCUT2D eigenvalue weighted by molar-refractivity contribution is 0.386. The summed E-state index contributed by atoms with van der Waals surface area (Å²) < 4.78 is 19.0. The van der Waals surface area contributed by atoms with Crippen LogP contribution in [-0.2, 0) is 0 Å². The summed E-state index contributed by atoms with van der Waals surface area (Å²) in [7, 11) is 1.49. The van der Waals surface area contributed by atoms with Crippen molar-refractivity contribution in [2.45, 2.75) is 38.6 Å². The van der Waals surface area contributed by atoms with E-state index in [4.69, 9.17) is 4.74 Å². The monoisotopic (exact) mass is 263 g/mol. The van der Waals surface area contributed by atoms with Gasteiger partial charge in [0.05, 0.1) is 7.11 Å². The number of hydrogen-bond acceptors (Lipinski definition) is 2. The van der Waals surface area contributed by atoms with E-state index >= 15 is 0 Å². The van der Waals surface area contributed by atoms with Crippen LogP contribution in [0.15, 0.2) is 23.8 Å². The first kappa shape index (κ1) is 14.1. The third-order valence-electron chi connectivity index (χ3n) is 3.60. The standard InChI is InChI=1S/C16H22FNO/c1-12(11-14-7-3-4-9-18-14)10-13-6-5-8-15(19-2)16(13)17/h5-6,8,10,14,18H,3-4,7,9,11H2,1-2H3/b12-10-. The zero-order valence-electron chi connectivity index (χ0n) is 11.7. The molecule has 1 aliphatic rings. The summed E-state index contributed by atoms with van der Waals surface area (Å²) in [5.74, 6) is 0.0262. The van der Waals surface area contributed by atoms with Crippen molar-refractivity contribution in [2.24, 2.45) is 0 Å². The summed E-state index contributed by atoms with van der Waals surface area (Å²) in [6, 6.07) is 5.79. The van der Waals surface area contributed by atoms with E-state index in [0.29, 0.717) is 17.4 Å². The van der Waals surface area contributed by atoms with E-state index in [-0.39, 0.29) is 5.82 Å². The lowest BCUT2D eigenvalue weighted by Crippen LogP contribution is -2.33. The van der Waals surface area contributed by atoms with Crippen LogP contribution < -0.4 is 10.1 Å². The van der Waals surface area contributed by atoms with Crippen molar-refractivity contribution in [2.75, 3.05) is 13.7 Å². The fraction of sp³-hybridized carbons (Fsp3) is 0.500. The Labute approximate surface area is 114 Å². The molecule has 0 bridgehead atoms. The first-order valence-corrected chi connectivity index (χ1v) is 6.94. The number of benzene rings is 1. The molecule has 0 radical (unpaired) electrons. The van der Waals surface area contributed by atoms with Gasteiger partial charge in [0.25, 0.3) is 0 Å². The van der Waals surface area contributed by atoms with Crippen molar-refractivity contribution >= 4 is 6.08 Å². The van der Waals surface area contributed by atoms with E-state index in [9.17, 15) is 4.39 Å². The summed E-state index contributed by atoms with van der Waals surface area (Å²) in [4.78, 5) is 0. The molecule has 2 rings (SSSR count). The molecule has 0 aliphatic carbocycles. The Morgan fingerprint density at radius 2 is 2.32 bits per heavy atom. The molecule has 1 aliphatic heterocycles. The summed E-state index contributed by atoms with van der Waals surface area (Å²) in [5, 5.41) is 3.51. The predicted octanol–water partition coefficient (Wildman–Crippen LogP) is 3.77. The van der Waals surface area contributed by atoms with Crippen LogP contribution in [0.3, 0.4) is 0 Å². The van der Waals surface area contributed by atoms with Gasteiger partial charge in [0.1, 0.15) is 0 Å². The van der Waals surface area contributed by atoms with Gasteiger partial charge in [-0.05, 0) is 38.8 Å². The highest BCUT2D eigenvalue weighted by atomic mass is 19.1. The van der Waals surface area contributed by atoms with Gasteiger partial charge in [0, 0.05) is 11.6 Å². The third-order valence-corrected chi connectivity index (χ3v) is 3.60. The van der Waals surface area contributed by atoms with Crippen LogP contribution in [0.4, 0.5) is 4.39 Å². The van der Waals surface area contributed by atoms with E-state index in [1.807, 2.05) is 12.1 Å². The second kappa shape index (κ2) is 6.71. The van der Waals surface area contributed by atoms with Crippen LogP contribution in [0.1, 0.15) is 38.2 Å². The molecular formula is C16H22FNO. The van der Waals surface area contributed by atoms with E-state index < -0.39 is 0 Å². The van der Waals surface area contributed by atoms with E-state index in [0.717, 1.165) is 13.0 Å². The minimum absolute atomic E-state index is 0.277.